The zero-order chi connectivity index (χ0) is 21.8. The first-order chi connectivity index (χ1) is 15.0. The normalized spacial score (nSPS) is 11.1. The number of thiazole rings is 1. The molecule has 0 aliphatic rings. The molecule has 0 spiro atoms. The molecule has 9 heteroatoms. The van der Waals surface area contributed by atoms with Gasteiger partial charge in [0.15, 0.2) is 16.1 Å². The summed E-state index contributed by atoms with van der Waals surface area (Å²) in [7, 11) is 0. The number of carbonyl (C=O) groups excluding carboxylic acids is 1. The van der Waals surface area contributed by atoms with E-state index >= 15 is 0 Å². The van der Waals surface area contributed by atoms with Gasteiger partial charge >= 0.3 is 0 Å². The standard InChI is InChI=1S/C22H22N6OS2/c1-14(2)18-8-4-5-9-19(18)28-20(16-7-6-10-23-11-16)26-27-22(28)31-13-17-12-30-21(25-17)24-15(3)29/h4-12,14H,13H2,1-3H3,(H,24,25,29). The zero-order valence-electron chi connectivity index (χ0n) is 17.4. The van der Waals surface area contributed by atoms with Crippen molar-refractivity contribution in [2.24, 2.45) is 0 Å². The van der Waals surface area contributed by atoms with Crippen molar-refractivity contribution >= 4 is 34.1 Å². The Labute approximate surface area is 189 Å². The minimum Gasteiger partial charge on any atom is -0.302 e. The van der Waals surface area contributed by atoms with E-state index < -0.39 is 0 Å². The van der Waals surface area contributed by atoms with Gasteiger partial charge < -0.3 is 5.32 Å². The lowest BCUT2D eigenvalue weighted by Gasteiger charge is -2.16. The Balaban J connectivity index is 1.71. The number of nitrogens with one attached hydrogen (secondary N) is 1. The van der Waals surface area contributed by atoms with E-state index in [1.165, 1.54) is 23.8 Å². The van der Waals surface area contributed by atoms with Gasteiger partial charge in [-0.3, -0.25) is 14.3 Å². The fraction of sp³-hybridized carbons (Fsp3) is 0.227. The van der Waals surface area contributed by atoms with Crippen molar-refractivity contribution in [3.63, 3.8) is 0 Å². The highest BCUT2D eigenvalue weighted by Gasteiger charge is 2.20. The quantitative estimate of drug-likeness (QED) is 0.392. The van der Waals surface area contributed by atoms with Crippen LogP contribution in [0.1, 0.15) is 37.9 Å². The number of amides is 1. The third kappa shape index (κ3) is 4.83. The Morgan fingerprint density at radius 2 is 2.03 bits per heavy atom. The first kappa shape index (κ1) is 21.2. The summed E-state index contributed by atoms with van der Waals surface area (Å²) in [4.78, 5) is 20.0. The molecule has 0 fully saturated rings. The number of carbonyl (C=O) groups is 1. The summed E-state index contributed by atoms with van der Waals surface area (Å²) in [5.74, 6) is 1.59. The van der Waals surface area contributed by atoms with E-state index in [0.29, 0.717) is 16.8 Å². The number of hydrogen-bond acceptors (Lipinski definition) is 7. The maximum atomic E-state index is 11.3. The van der Waals surface area contributed by atoms with Crippen LogP contribution in [0.5, 0.6) is 0 Å². The van der Waals surface area contributed by atoms with E-state index in [9.17, 15) is 4.79 Å². The fourth-order valence-corrected chi connectivity index (χ4v) is 4.86. The van der Waals surface area contributed by atoms with Crippen molar-refractivity contribution in [2.45, 2.75) is 37.6 Å². The number of hydrogen-bond donors (Lipinski definition) is 1. The number of nitrogens with zero attached hydrogens (tertiary/aromatic N) is 5. The summed E-state index contributed by atoms with van der Waals surface area (Å²) in [5, 5.41) is 15.0. The van der Waals surface area contributed by atoms with Crippen molar-refractivity contribution in [3.8, 4) is 17.1 Å². The molecule has 0 bridgehead atoms. The summed E-state index contributed by atoms with van der Waals surface area (Å²) in [6.45, 7) is 5.83. The predicted molar refractivity (Wildman–Crippen MR) is 125 cm³/mol. The molecule has 3 heterocycles. The van der Waals surface area contributed by atoms with Crippen LogP contribution in [0, 0.1) is 0 Å². The maximum Gasteiger partial charge on any atom is 0.223 e. The summed E-state index contributed by atoms with van der Waals surface area (Å²) in [6.07, 6.45) is 3.55. The van der Waals surface area contributed by atoms with Crippen LogP contribution < -0.4 is 5.32 Å². The topological polar surface area (TPSA) is 85.6 Å². The molecule has 1 N–H and O–H groups in total. The lowest BCUT2D eigenvalue weighted by molar-refractivity contribution is -0.114. The summed E-state index contributed by atoms with van der Waals surface area (Å²) < 4.78 is 2.10. The van der Waals surface area contributed by atoms with Gasteiger partial charge in [0.1, 0.15) is 0 Å². The van der Waals surface area contributed by atoms with Crippen LogP contribution >= 0.6 is 23.1 Å². The molecule has 0 radical (unpaired) electrons. The van der Waals surface area contributed by atoms with E-state index in [-0.39, 0.29) is 5.91 Å². The van der Waals surface area contributed by atoms with Crippen molar-refractivity contribution in [1.82, 2.24) is 24.7 Å². The monoisotopic (exact) mass is 450 g/mol. The smallest absolute Gasteiger partial charge is 0.223 e. The van der Waals surface area contributed by atoms with Crippen LogP contribution in [0.2, 0.25) is 0 Å². The Bertz CT molecular complexity index is 1190. The number of anilines is 1. The second kappa shape index (κ2) is 9.40. The van der Waals surface area contributed by atoms with Crippen LogP contribution in [0.25, 0.3) is 17.1 Å². The number of thioether (sulfide) groups is 1. The van der Waals surface area contributed by atoms with E-state index in [2.05, 4.69) is 62.1 Å². The molecule has 0 saturated carbocycles. The molecule has 4 aromatic rings. The van der Waals surface area contributed by atoms with Crippen LogP contribution in [-0.4, -0.2) is 30.6 Å². The van der Waals surface area contributed by atoms with Crippen LogP contribution in [0.3, 0.4) is 0 Å². The zero-order valence-corrected chi connectivity index (χ0v) is 19.1. The SMILES string of the molecule is CC(=O)Nc1nc(CSc2nnc(-c3cccnc3)n2-c2ccccc2C(C)C)cs1. The average Bonchev–Trinajstić information content (AvgIpc) is 3.39. The molecule has 7 nitrogen and oxygen atoms in total. The molecule has 4 rings (SSSR count). The van der Waals surface area contributed by atoms with Crippen molar-refractivity contribution in [1.29, 1.82) is 0 Å². The Morgan fingerprint density at radius 1 is 1.19 bits per heavy atom. The highest BCUT2D eigenvalue weighted by Crippen LogP contribution is 2.33. The molecule has 31 heavy (non-hydrogen) atoms. The maximum absolute atomic E-state index is 11.3. The molecular weight excluding hydrogens is 428 g/mol. The van der Waals surface area contributed by atoms with Gasteiger partial charge in [-0.15, -0.1) is 21.5 Å². The van der Waals surface area contributed by atoms with Crippen LogP contribution in [0.4, 0.5) is 5.13 Å². The van der Waals surface area contributed by atoms with Gasteiger partial charge in [-0.1, -0.05) is 43.8 Å². The molecule has 0 aliphatic heterocycles. The number of aromatic nitrogens is 5. The predicted octanol–water partition coefficient (Wildman–Crippen LogP) is 5.16. The molecular formula is C22H22N6OS2. The van der Waals surface area contributed by atoms with Crippen molar-refractivity contribution in [2.75, 3.05) is 5.32 Å². The van der Waals surface area contributed by atoms with Crippen LogP contribution in [-0.2, 0) is 10.5 Å². The lowest BCUT2D eigenvalue weighted by Crippen LogP contribution is -2.05. The largest absolute Gasteiger partial charge is 0.302 e. The lowest BCUT2D eigenvalue weighted by atomic mass is 10.0. The third-order valence-electron chi connectivity index (χ3n) is 4.54. The van der Waals surface area contributed by atoms with Gasteiger partial charge in [0.25, 0.3) is 0 Å². The van der Waals surface area contributed by atoms with Gasteiger partial charge in [-0.25, -0.2) is 4.98 Å². The minimum atomic E-state index is -0.125. The summed E-state index contributed by atoms with van der Waals surface area (Å²) in [5.41, 5.74) is 4.06. The van der Waals surface area contributed by atoms with Gasteiger partial charge in [-0.2, -0.15) is 0 Å². The molecule has 158 valence electrons. The third-order valence-corrected chi connectivity index (χ3v) is 6.31. The van der Waals surface area contributed by atoms with Gasteiger partial charge in [0, 0.05) is 36.0 Å². The Kier molecular flexibility index (Phi) is 6.43. The molecule has 1 amide bonds. The number of benzene rings is 1. The van der Waals surface area contributed by atoms with Crippen molar-refractivity contribution < 1.29 is 4.79 Å². The van der Waals surface area contributed by atoms with Crippen LogP contribution in [0.15, 0.2) is 59.3 Å². The highest BCUT2D eigenvalue weighted by molar-refractivity contribution is 7.98. The molecule has 0 saturated heterocycles. The van der Waals surface area contributed by atoms with E-state index in [1.807, 2.05) is 23.6 Å². The van der Waals surface area contributed by atoms with E-state index in [1.54, 1.807) is 24.2 Å². The summed E-state index contributed by atoms with van der Waals surface area (Å²) >= 11 is 2.98. The molecule has 0 unspecified atom stereocenters. The van der Waals surface area contributed by atoms with E-state index in [0.717, 1.165) is 27.9 Å². The molecule has 0 atom stereocenters. The molecule has 0 aliphatic carbocycles. The molecule has 3 aromatic heterocycles. The first-order valence-electron chi connectivity index (χ1n) is 9.83. The van der Waals surface area contributed by atoms with Gasteiger partial charge in [0.05, 0.1) is 11.4 Å². The summed E-state index contributed by atoms with van der Waals surface area (Å²) in [6, 6.07) is 12.2. The average molecular weight is 451 g/mol. The van der Waals surface area contributed by atoms with Gasteiger partial charge in [-0.05, 0) is 29.7 Å². The number of para-hydroxylation sites is 1. The van der Waals surface area contributed by atoms with Crippen molar-refractivity contribution in [3.05, 3.63) is 65.4 Å². The second-order valence-corrected chi connectivity index (χ2v) is 9.01. The second-order valence-electron chi connectivity index (χ2n) is 7.21. The van der Waals surface area contributed by atoms with E-state index in [4.69, 9.17) is 0 Å². The highest BCUT2D eigenvalue weighted by atomic mass is 32.2. The minimum absolute atomic E-state index is 0.125. The fourth-order valence-electron chi connectivity index (χ4n) is 3.16. The number of rotatable bonds is 7. The van der Waals surface area contributed by atoms with Gasteiger partial charge in [0.2, 0.25) is 5.91 Å². The number of pyridine rings is 1. The Morgan fingerprint density at radius 3 is 2.77 bits per heavy atom. The first-order valence-corrected chi connectivity index (χ1v) is 11.7. The molecule has 1 aromatic carbocycles. The Hall–Kier alpha value is -3.04.